The summed E-state index contributed by atoms with van der Waals surface area (Å²) >= 11 is 2.86. The van der Waals surface area contributed by atoms with Gasteiger partial charge in [0.15, 0.2) is 0 Å². The second-order valence-corrected chi connectivity index (χ2v) is 15.0. The molecule has 192 valence electrons. The summed E-state index contributed by atoms with van der Waals surface area (Å²) in [6, 6.07) is 0. The summed E-state index contributed by atoms with van der Waals surface area (Å²) in [4.78, 5) is 20.3. The van der Waals surface area contributed by atoms with Crippen molar-refractivity contribution in [3.63, 3.8) is 0 Å². The molecule has 0 aromatic heterocycles. The first-order valence-electron chi connectivity index (χ1n) is 12.5. The smallest absolute Gasteiger partial charge is 0.313 e. The first-order chi connectivity index (χ1) is 15.7. The van der Waals surface area contributed by atoms with Gasteiger partial charge in [-0.05, 0) is 36.2 Å². The molecular formula is C26H50O4S2Zn. The van der Waals surface area contributed by atoms with Crippen LogP contribution in [0, 0.1) is 11.8 Å². The van der Waals surface area contributed by atoms with E-state index in [9.17, 15) is 9.59 Å². The molecule has 0 atom stereocenters. The van der Waals surface area contributed by atoms with Crippen molar-refractivity contribution in [2.24, 2.45) is 11.8 Å². The molecule has 0 heterocycles. The van der Waals surface area contributed by atoms with Gasteiger partial charge in [0.2, 0.25) is 0 Å². The Labute approximate surface area is 220 Å². The molecule has 33 heavy (non-hydrogen) atoms. The van der Waals surface area contributed by atoms with Gasteiger partial charge in [-0.1, -0.05) is 66.2 Å². The Morgan fingerprint density at radius 2 is 1.09 bits per heavy atom. The summed E-state index contributed by atoms with van der Waals surface area (Å²) < 4.78 is 0. The Bertz CT molecular complexity index is 418. The molecule has 0 saturated carbocycles. The molecule has 0 radical (unpaired) electrons. The Balaban J connectivity index is -0.000000429. The molecule has 0 aliphatic carbocycles. The van der Waals surface area contributed by atoms with Gasteiger partial charge >= 0.3 is 64.4 Å². The van der Waals surface area contributed by atoms with Crippen molar-refractivity contribution in [3.8, 4) is 0 Å². The van der Waals surface area contributed by atoms with Crippen molar-refractivity contribution in [2.45, 2.75) is 89.1 Å². The van der Waals surface area contributed by atoms with Crippen molar-refractivity contribution in [2.75, 3.05) is 23.0 Å². The summed E-state index contributed by atoms with van der Waals surface area (Å²) in [5, 5.41) is 19.3. The molecule has 0 aliphatic heterocycles. The van der Waals surface area contributed by atoms with E-state index >= 15 is 0 Å². The van der Waals surface area contributed by atoms with Crippen LogP contribution in [0.4, 0.5) is 0 Å². The van der Waals surface area contributed by atoms with E-state index in [4.69, 9.17) is 10.2 Å². The number of rotatable bonds is 20. The van der Waals surface area contributed by atoms with Crippen LogP contribution in [0.5, 0.6) is 0 Å². The van der Waals surface area contributed by atoms with E-state index in [2.05, 4.69) is 40.9 Å². The number of thioether (sulfide) groups is 2. The van der Waals surface area contributed by atoms with Crippen molar-refractivity contribution >= 4 is 35.5 Å². The number of carboxylic acids is 2. The number of unbranched alkanes of at least 4 members (excludes halogenated alkanes) is 4. The first kappa shape index (κ1) is 37.3. The van der Waals surface area contributed by atoms with E-state index < -0.39 is 11.9 Å². The summed E-state index contributed by atoms with van der Waals surface area (Å²) in [6.45, 7) is 16.2. The van der Waals surface area contributed by atoms with Gasteiger partial charge in [0.05, 0.1) is 11.5 Å². The average Bonchev–Trinajstić information content (AvgIpc) is 2.73. The van der Waals surface area contributed by atoms with Crippen LogP contribution in [0.1, 0.15) is 79.1 Å². The van der Waals surface area contributed by atoms with Crippen LogP contribution in [0.3, 0.4) is 0 Å². The maximum absolute atomic E-state index is 10.2. The van der Waals surface area contributed by atoms with Crippen LogP contribution in [-0.4, -0.2) is 45.2 Å². The minimum atomic E-state index is -0.702. The van der Waals surface area contributed by atoms with Gasteiger partial charge in [0, 0.05) is 0 Å². The van der Waals surface area contributed by atoms with E-state index in [-0.39, 0.29) is 28.6 Å². The van der Waals surface area contributed by atoms with E-state index in [0.717, 1.165) is 36.2 Å². The zero-order valence-corrected chi connectivity index (χ0v) is 26.5. The molecule has 0 aromatic rings. The maximum Gasteiger partial charge on any atom is 0.313 e. The van der Waals surface area contributed by atoms with Crippen LogP contribution in [0.2, 0.25) is 10.0 Å². The molecule has 7 heteroatoms. The average molecular weight is 556 g/mol. The topological polar surface area (TPSA) is 74.6 Å². The molecular weight excluding hydrogens is 506 g/mol. The molecule has 0 spiro atoms. The Morgan fingerprint density at radius 1 is 0.727 bits per heavy atom. The minimum Gasteiger partial charge on any atom is -0.481 e. The zero-order chi connectivity index (χ0) is 25.7. The van der Waals surface area contributed by atoms with Crippen molar-refractivity contribution in [1.82, 2.24) is 0 Å². The fraction of sp³-hybridized carbons (Fsp3) is 0.769. The molecule has 4 nitrogen and oxygen atoms in total. The number of carbonyl (C=O) groups is 2. The molecule has 0 unspecified atom stereocenters. The molecule has 0 rings (SSSR count). The number of carboxylic acid groups (broad SMARTS) is 2. The Kier molecular flexibility index (Phi) is 35.9. The van der Waals surface area contributed by atoms with Gasteiger partial charge in [-0.2, -0.15) is 23.5 Å². The normalized spacial score (nSPS) is 9.88. The molecule has 0 aliphatic rings. The molecule has 0 aromatic carbocycles. The maximum atomic E-state index is 10.2. The number of aliphatic carboxylic acids is 2. The second-order valence-electron chi connectivity index (χ2n) is 8.89. The predicted octanol–water partition coefficient (Wildman–Crippen LogP) is 8.32. The summed E-state index contributed by atoms with van der Waals surface area (Å²) in [5.74, 6) is 2.68. The van der Waals surface area contributed by atoms with Crippen LogP contribution in [-0.2, 0) is 26.7 Å². The first-order valence-corrected chi connectivity index (χ1v) is 19.0. The van der Waals surface area contributed by atoms with E-state index in [1.54, 1.807) is 0 Å². The molecule has 0 fully saturated rings. The van der Waals surface area contributed by atoms with Gasteiger partial charge in [0.25, 0.3) is 0 Å². The quantitative estimate of drug-likeness (QED) is 0.0893. The van der Waals surface area contributed by atoms with E-state index in [1.165, 1.54) is 72.1 Å². The molecule has 0 saturated heterocycles. The Hall–Kier alpha value is -0.257. The minimum absolute atomic E-state index is 0.184. The SMILES string of the molecule is C=C[CH2][Zn][CH2]C=C.CC(C)CCCCCSCC(=O)O.CC(C)CCCCCSCC(=O)O. The van der Waals surface area contributed by atoms with Crippen LogP contribution in [0.15, 0.2) is 25.3 Å². The number of hydrogen-bond donors (Lipinski definition) is 2. The van der Waals surface area contributed by atoms with Gasteiger partial charge in [-0.25, -0.2) is 0 Å². The molecule has 2 N–H and O–H groups in total. The van der Waals surface area contributed by atoms with Gasteiger partial charge < -0.3 is 10.2 Å². The molecule has 0 bridgehead atoms. The van der Waals surface area contributed by atoms with Gasteiger partial charge in [0.1, 0.15) is 0 Å². The second kappa shape index (κ2) is 31.7. The van der Waals surface area contributed by atoms with Crippen molar-refractivity contribution in [1.29, 1.82) is 0 Å². The largest absolute Gasteiger partial charge is 0.481 e. The third-order valence-electron chi connectivity index (χ3n) is 4.41. The van der Waals surface area contributed by atoms with Crippen LogP contribution in [0.25, 0.3) is 0 Å². The van der Waals surface area contributed by atoms with Crippen molar-refractivity contribution in [3.05, 3.63) is 25.3 Å². The van der Waals surface area contributed by atoms with Crippen LogP contribution >= 0.6 is 23.5 Å². The van der Waals surface area contributed by atoms with Gasteiger partial charge in [-0.3, -0.25) is 9.59 Å². The number of hydrogen-bond acceptors (Lipinski definition) is 4. The third-order valence-corrected chi connectivity index (χ3v) is 9.89. The monoisotopic (exact) mass is 554 g/mol. The van der Waals surface area contributed by atoms with Crippen LogP contribution < -0.4 is 0 Å². The predicted molar refractivity (Wildman–Crippen MR) is 147 cm³/mol. The van der Waals surface area contributed by atoms with E-state index in [0.29, 0.717) is 0 Å². The van der Waals surface area contributed by atoms with Crippen molar-refractivity contribution < 1.29 is 36.9 Å². The zero-order valence-electron chi connectivity index (χ0n) is 21.9. The van der Waals surface area contributed by atoms with Gasteiger partial charge in [-0.15, -0.1) is 0 Å². The fourth-order valence-corrected chi connectivity index (χ4v) is 5.75. The fourth-order valence-electron chi connectivity index (χ4n) is 2.59. The summed E-state index contributed by atoms with van der Waals surface area (Å²) in [6.07, 6.45) is 14.0. The third kappa shape index (κ3) is 49.8. The molecule has 0 amide bonds. The summed E-state index contributed by atoms with van der Waals surface area (Å²) in [5.41, 5.74) is 0. The standard InChI is InChI=1S/2C10H20O2S.2C3H5.Zn/c2*1-9(2)6-4-3-5-7-13-8-10(11)12;2*1-3-2;/h2*9H,3-8H2,1-2H3,(H,11,12);2*3H,1-2H2;. The van der Waals surface area contributed by atoms with E-state index in [1.807, 2.05) is 12.2 Å². The number of allylic oxidation sites excluding steroid dienone is 2. The Morgan fingerprint density at radius 3 is 1.36 bits per heavy atom. The summed E-state index contributed by atoms with van der Waals surface area (Å²) in [7, 11) is 0.